The first-order chi connectivity index (χ1) is 22.1. The van der Waals surface area contributed by atoms with Gasteiger partial charge >= 0.3 is 5.97 Å². The Kier molecular flexibility index (Phi) is 9.74. The summed E-state index contributed by atoms with van der Waals surface area (Å²) in [6.07, 6.45) is -0.163. The molecule has 9 heteroatoms. The zero-order valence-electron chi connectivity index (χ0n) is 25.6. The number of halogens is 2. The number of methoxy groups -OCH3 is 2. The molecule has 0 amide bonds. The summed E-state index contributed by atoms with van der Waals surface area (Å²) in [4.78, 5) is 29.2. The van der Waals surface area contributed by atoms with Gasteiger partial charge in [0.1, 0.15) is 17.1 Å². The largest absolute Gasteiger partial charge is 0.497 e. The molecule has 1 aliphatic rings. The Morgan fingerprint density at radius 2 is 1.33 bits per heavy atom. The van der Waals surface area contributed by atoms with Gasteiger partial charge in [-0.3, -0.25) is 9.59 Å². The molecule has 0 aromatic heterocycles. The molecule has 1 saturated carbocycles. The van der Waals surface area contributed by atoms with Crippen LogP contribution in [0, 0.1) is 22.7 Å². The maximum absolute atomic E-state index is 14.9. The van der Waals surface area contributed by atoms with Gasteiger partial charge in [0.2, 0.25) is 0 Å². The SMILES string of the molecule is CCOC(=O)[C@@]1(C#N)[C@H](c2ccc(OC)cc2)C[C@](O)(c2ccc(Cl)cc2)[C@H](C(=O)c2ccc(Cl)cc2)[C@@H]1c1ccc(OC)cc1. The van der Waals surface area contributed by atoms with Crippen LogP contribution in [-0.2, 0) is 15.1 Å². The molecule has 4 aromatic rings. The molecule has 0 saturated heterocycles. The van der Waals surface area contributed by atoms with E-state index in [1.165, 1.54) is 7.11 Å². The van der Waals surface area contributed by atoms with Gasteiger partial charge in [0.25, 0.3) is 0 Å². The monoisotopic (exact) mass is 657 g/mol. The third-order valence-electron chi connectivity index (χ3n) is 8.95. The van der Waals surface area contributed by atoms with E-state index in [2.05, 4.69) is 6.07 Å². The highest BCUT2D eigenvalue weighted by Gasteiger charge is 2.67. The molecule has 0 spiro atoms. The van der Waals surface area contributed by atoms with Gasteiger partial charge < -0.3 is 19.3 Å². The second-order valence-electron chi connectivity index (χ2n) is 11.3. The average Bonchev–Trinajstić information content (AvgIpc) is 3.08. The first-order valence-corrected chi connectivity index (χ1v) is 15.5. The van der Waals surface area contributed by atoms with Crippen molar-refractivity contribution in [2.75, 3.05) is 20.8 Å². The lowest BCUT2D eigenvalue weighted by molar-refractivity contribution is -0.164. The highest BCUT2D eigenvalue weighted by Crippen LogP contribution is 2.64. The molecule has 1 fully saturated rings. The second kappa shape index (κ2) is 13.6. The van der Waals surface area contributed by atoms with Crippen LogP contribution in [0.3, 0.4) is 0 Å². The van der Waals surface area contributed by atoms with Crippen LogP contribution in [0.5, 0.6) is 11.5 Å². The van der Waals surface area contributed by atoms with Crippen molar-refractivity contribution in [2.24, 2.45) is 11.3 Å². The molecule has 0 bridgehead atoms. The van der Waals surface area contributed by atoms with Crippen LogP contribution in [0.25, 0.3) is 0 Å². The summed E-state index contributed by atoms with van der Waals surface area (Å²) in [5.74, 6) is -3.58. The summed E-state index contributed by atoms with van der Waals surface area (Å²) in [6.45, 7) is 1.67. The summed E-state index contributed by atoms with van der Waals surface area (Å²) in [7, 11) is 3.07. The number of benzene rings is 4. The molecule has 0 heterocycles. The van der Waals surface area contributed by atoms with Crippen molar-refractivity contribution in [1.82, 2.24) is 0 Å². The predicted molar refractivity (Wildman–Crippen MR) is 175 cm³/mol. The van der Waals surface area contributed by atoms with Gasteiger partial charge in [-0.1, -0.05) is 59.6 Å². The van der Waals surface area contributed by atoms with E-state index in [-0.39, 0.29) is 18.6 Å². The van der Waals surface area contributed by atoms with Gasteiger partial charge in [-0.15, -0.1) is 0 Å². The van der Waals surface area contributed by atoms with Crippen molar-refractivity contribution >= 4 is 35.0 Å². The number of ketones is 1. The Bertz CT molecular complexity index is 1740. The van der Waals surface area contributed by atoms with Crippen molar-refractivity contribution in [3.8, 4) is 17.6 Å². The fraction of sp³-hybridized carbons (Fsp3) is 0.270. The first-order valence-electron chi connectivity index (χ1n) is 14.8. The quantitative estimate of drug-likeness (QED) is 0.145. The number of nitriles is 1. The topological polar surface area (TPSA) is 106 Å². The van der Waals surface area contributed by atoms with Crippen LogP contribution in [0.4, 0.5) is 0 Å². The minimum Gasteiger partial charge on any atom is -0.497 e. The molecule has 236 valence electrons. The van der Waals surface area contributed by atoms with Crippen molar-refractivity contribution < 1.29 is 28.9 Å². The standard InChI is InChI=1S/C37H33Cl2NO6/c1-4-46-35(42)36(22-40)31(23-7-17-29(44-2)18-8-23)21-37(43,26-11-15-28(39)16-12-26)33(34(41)25-5-13-27(38)14-6-25)32(36)24-9-19-30(45-3)20-10-24/h5-20,31-33,43H,4,21H2,1-3H3/t31-,32-,33-,36-,37-/m0/s1. The van der Waals surface area contributed by atoms with Crippen LogP contribution in [0.1, 0.15) is 52.2 Å². The summed E-state index contributed by atoms with van der Waals surface area (Å²) >= 11 is 12.4. The van der Waals surface area contributed by atoms with E-state index in [9.17, 15) is 20.0 Å². The fourth-order valence-electron chi connectivity index (χ4n) is 6.75. The van der Waals surface area contributed by atoms with Crippen molar-refractivity contribution in [2.45, 2.75) is 30.8 Å². The number of aliphatic hydroxyl groups is 1. The van der Waals surface area contributed by atoms with E-state index in [0.717, 1.165) is 0 Å². The van der Waals surface area contributed by atoms with Crippen molar-refractivity contribution in [1.29, 1.82) is 5.26 Å². The van der Waals surface area contributed by atoms with Gasteiger partial charge in [0.15, 0.2) is 11.2 Å². The lowest BCUT2D eigenvalue weighted by Crippen LogP contribution is -2.59. The van der Waals surface area contributed by atoms with E-state index in [4.69, 9.17) is 37.4 Å². The molecule has 0 radical (unpaired) electrons. The van der Waals surface area contributed by atoms with E-state index in [1.54, 1.807) is 111 Å². The summed E-state index contributed by atoms with van der Waals surface area (Å²) in [5.41, 5.74) is -2.09. The lowest BCUT2D eigenvalue weighted by Gasteiger charge is -2.54. The Balaban J connectivity index is 1.88. The molecule has 0 unspecified atom stereocenters. The number of carbonyl (C=O) groups excluding carboxylic acids is 2. The Labute approximate surface area is 278 Å². The van der Waals surface area contributed by atoms with Gasteiger partial charge in [0.05, 0.1) is 32.8 Å². The molecule has 5 atom stereocenters. The van der Waals surface area contributed by atoms with E-state index < -0.39 is 40.5 Å². The summed E-state index contributed by atoms with van der Waals surface area (Å²) in [5, 5.41) is 25.2. The number of hydrogen-bond donors (Lipinski definition) is 1. The predicted octanol–water partition coefficient (Wildman–Crippen LogP) is 7.74. The number of Topliss-reactive ketones (excluding diaryl/α,β-unsaturated/α-hetero) is 1. The summed E-state index contributed by atoms with van der Waals surface area (Å²) in [6, 6.07) is 29.1. The van der Waals surface area contributed by atoms with E-state index in [1.807, 2.05) is 0 Å². The first kappa shape index (κ1) is 33.0. The van der Waals surface area contributed by atoms with Crippen LogP contribution in [0.15, 0.2) is 97.1 Å². The molecular weight excluding hydrogens is 625 g/mol. The zero-order valence-corrected chi connectivity index (χ0v) is 27.1. The lowest BCUT2D eigenvalue weighted by atomic mass is 9.47. The average molecular weight is 659 g/mol. The Morgan fingerprint density at radius 3 is 1.80 bits per heavy atom. The number of hydrogen-bond acceptors (Lipinski definition) is 7. The molecule has 4 aromatic carbocycles. The van der Waals surface area contributed by atoms with Crippen LogP contribution >= 0.6 is 23.2 Å². The molecule has 1 aliphatic carbocycles. The van der Waals surface area contributed by atoms with Gasteiger partial charge in [0, 0.05) is 27.4 Å². The normalized spacial score (nSPS) is 24.0. The molecule has 0 aliphatic heterocycles. The van der Waals surface area contributed by atoms with E-state index in [0.29, 0.717) is 38.2 Å². The molecule has 46 heavy (non-hydrogen) atoms. The second-order valence-corrected chi connectivity index (χ2v) is 12.1. The number of esters is 1. The number of carbonyl (C=O) groups is 2. The fourth-order valence-corrected chi connectivity index (χ4v) is 7.00. The van der Waals surface area contributed by atoms with Crippen LogP contribution < -0.4 is 9.47 Å². The zero-order chi connectivity index (χ0) is 33.1. The minimum atomic E-state index is -1.95. The molecule has 7 nitrogen and oxygen atoms in total. The maximum Gasteiger partial charge on any atom is 0.327 e. The van der Waals surface area contributed by atoms with Crippen molar-refractivity contribution in [3.05, 3.63) is 129 Å². The molecule has 1 N–H and O–H groups in total. The summed E-state index contributed by atoms with van der Waals surface area (Å²) < 4.78 is 16.4. The maximum atomic E-state index is 14.9. The number of ether oxygens (including phenoxy) is 3. The van der Waals surface area contributed by atoms with Gasteiger partial charge in [-0.2, -0.15) is 5.26 Å². The number of nitrogens with zero attached hydrogens (tertiary/aromatic N) is 1. The Hall–Kier alpha value is -4.35. The third-order valence-corrected chi connectivity index (χ3v) is 9.45. The van der Waals surface area contributed by atoms with Gasteiger partial charge in [-0.25, -0.2) is 0 Å². The van der Waals surface area contributed by atoms with Gasteiger partial charge in [-0.05, 0) is 90.7 Å². The molecule has 5 rings (SSSR count). The molecular formula is C37H33Cl2NO6. The number of rotatable bonds is 9. The van der Waals surface area contributed by atoms with Crippen LogP contribution in [0.2, 0.25) is 10.0 Å². The van der Waals surface area contributed by atoms with Crippen molar-refractivity contribution in [3.63, 3.8) is 0 Å². The smallest absolute Gasteiger partial charge is 0.327 e. The third kappa shape index (κ3) is 5.85. The highest BCUT2D eigenvalue weighted by molar-refractivity contribution is 6.31. The highest BCUT2D eigenvalue weighted by atomic mass is 35.5. The van der Waals surface area contributed by atoms with E-state index >= 15 is 0 Å². The van der Waals surface area contributed by atoms with Crippen LogP contribution in [-0.4, -0.2) is 37.7 Å². The minimum absolute atomic E-state index is 0.00414. The Morgan fingerprint density at radius 1 is 0.826 bits per heavy atom.